The largest absolute Gasteiger partial charge is 0.463 e. The van der Waals surface area contributed by atoms with E-state index in [0.717, 1.165) is 0 Å². The molecular formula is C19H21ClN2O6. The molecule has 9 heteroatoms. The third kappa shape index (κ3) is 4.17. The van der Waals surface area contributed by atoms with Crippen LogP contribution in [0.2, 0.25) is 5.02 Å². The van der Waals surface area contributed by atoms with Crippen molar-refractivity contribution < 1.29 is 24.0 Å². The average Bonchev–Trinajstić information content (AvgIpc) is 2.60. The predicted molar refractivity (Wildman–Crippen MR) is 103 cm³/mol. The van der Waals surface area contributed by atoms with E-state index in [4.69, 9.17) is 21.1 Å². The number of rotatable bonds is 6. The van der Waals surface area contributed by atoms with Gasteiger partial charge in [-0.15, -0.1) is 0 Å². The molecular weight excluding hydrogens is 388 g/mol. The summed E-state index contributed by atoms with van der Waals surface area (Å²) in [5.41, 5.74) is 0.914. The van der Waals surface area contributed by atoms with Crippen LogP contribution >= 0.6 is 11.6 Å². The van der Waals surface area contributed by atoms with Crippen LogP contribution in [0, 0.1) is 10.1 Å². The van der Waals surface area contributed by atoms with Crippen LogP contribution in [0.15, 0.2) is 40.7 Å². The van der Waals surface area contributed by atoms with Crippen molar-refractivity contribution in [2.45, 2.75) is 33.6 Å². The number of benzene rings is 1. The van der Waals surface area contributed by atoms with Crippen molar-refractivity contribution in [3.8, 4) is 0 Å². The second kappa shape index (κ2) is 8.88. The number of dihydropyridines is 1. The lowest BCUT2D eigenvalue weighted by Gasteiger charge is -2.30. The standard InChI is InChI=1S/C19H21ClN2O6/c1-5-27-18(23)15-10(3)21-11(4)16(19(24)28-6-2)17(15)13-9-12(20)7-8-14(13)22(25)26/h7-9,17,21H,5-6H2,1-4H3. The summed E-state index contributed by atoms with van der Waals surface area (Å²) in [6.07, 6.45) is 0. The molecule has 0 fully saturated rings. The molecule has 8 nitrogen and oxygen atoms in total. The first kappa shape index (κ1) is 21.4. The molecule has 1 N–H and O–H groups in total. The number of nitrogens with zero attached hydrogens (tertiary/aromatic N) is 1. The van der Waals surface area contributed by atoms with Crippen molar-refractivity contribution in [2.24, 2.45) is 0 Å². The first-order chi connectivity index (χ1) is 13.2. The molecule has 2 rings (SSSR count). The number of nitro benzene ring substituents is 1. The van der Waals surface area contributed by atoms with Gasteiger partial charge in [-0.3, -0.25) is 10.1 Å². The molecule has 28 heavy (non-hydrogen) atoms. The van der Waals surface area contributed by atoms with Gasteiger partial charge in [-0.1, -0.05) is 11.6 Å². The smallest absolute Gasteiger partial charge is 0.336 e. The van der Waals surface area contributed by atoms with Crippen molar-refractivity contribution >= 4 is 29.2 Å². The maximum Gasteiger partial charge on any atom is 0.336 e. The van der Waals surface area contributed by atoms with Crippen molar-refractivity contribution in [1.82, 2.24) is 5.32 Å². The van der Waals surface area contributed by atoms with Gasteiger partial charge in [-0.2, -0.15) is 0 Å². The fourth-order valence-electron chi connectivity index (χ4n) is 3.19. The zero-order valence-electron chi connectivity index (χ0n) is 16.0. The molecule has 0 amide bonds. The number of nitrogens with one attached hydrogen (secondary N) is 1. The van der Waals surface area contributed by atoms with E-state index in [1.807, 2.05) is 0 Å². The van der Waals surface area contributed by atoms with E-state index in [-0.39, 0.29) is 40.6 Å². The van der Waals surface area contributed by atoms with E-state index in [9.17, 15) is 19.7 Å². The summed E-state index contributed by atoms with van der Waals surface area (Å²) in [7, 11) is 0. The Bertz CT molecular complexity index is 850. The summed E-state index contributed by atoms with van der Waals surface area (Å²) in [5, 5.41) is 14.8. The lowest BCUT2D eigenvalue weighted by molar-refractivity contribution is -0.385. The Morgan fingerprint density at radius 3 is 2.04 bits per heavy atom. The molecule has 0 bridgehead atoms. The highest BCUT2D eigenvalue weighted by molar-refractivity contribution is 6.30. The monoisotopic (exact) mass is 408 g/mol. The minimum atomic E-state index is -1.06. The van der Waals surface area contributed by atoms with Crippen LogP contribution in [0.3, 0.4) is 0 Å². The van der Waals surface area contributed by atoms with E-state index < -0.39 is 22.8 Å². The van der Waals surface area contributed by atoms with Crippen LogP contribution in [0.1, 0.15) is 39.2 Å². The quantitative estimate of drug-likeness (QED) is 0.435. The Morgan fingerprint density at radius 2 is 1.61 bits per heavy atom. The van der Waals surface area contributed by atoms with E-state index in [0.29, 0.717) is 11.4 Å². The maximum atomic E-state index is 12.7. The van der Waals surface area contributed by atoms with Crippen molar-refractivity contribution in [2.75, 3.05) is 13.2 Å². The second-order valence-electron chi connectivity index (χ2n) is 6.04. The van der Waals surface area contributed by atoms with Gasteiger partial charge >= 0.3 is 11.9 Å². The number of hydrogen-bond acceptors (Lipinski definition) is 7. The van der Waals surface area contributed by atoms with Crippen molar-refractivity contribution in [1.29, 1.82) is 0 Å². The molecule has 0 unspecified atom stereocenters. The van der Waals surface area contributed by atoms with Gasteiger partial charge in [0, 0.05) is 28.0 Å². The summed E-state index contributed by atoms with van der Waals surface area (Å²) in [5.74, 6) is -2.42. The molecule has 1 aliphatic heterocycles. The van der Waals surface area contributed by atoms with E-state index >= 15 is 0 Å². The molecule has 1 aliphatic rings. The molecule has 0 saturated carbocycles. The molecule has 0 radical (unpaired) electrons. The zero-order chi connectivity index (χ0) is 21.0. The lowest BCUT2D eigenvalue weighted by atomic mass is 9.79. The number of ether oxygens (including phenoxy) is 2. The summed E-state index contributed by atoms with van der Waals surface area (Å²) in [6, 6.07) is 4.01. The van der Waals surface area contributed by atoms with Gasteiger partial charge in [-0.25, -0.2) is 9.59 Å². The number of halogens is 1. The number of carbonyl (C=O) groups is 2. The fourth-order valence-corrected chi connectivity index (χ4v) is 3.37. The number of hydrogen-bond donors (Lipinski definition) is 1. The Morgan fingerprint density at radius 1 is 1.11 bits per heavy atom. The van der Waals surface area contributed by atoms with E-state index in [2.05, 4.69) is 5.32 Å². The molecule has 0 aliphatic carbocycles. The van der Waals surface area contributed by atoms with E-state index in [1.54, 1.807) is 27.7 Å². The van der Waals surface area contributed by atoms with Gasteiger partial charge in [0.25, 0.3) is 5.69 Å². The molecule has 1 heterocycles. The van der Waals surface area contributed by atoms with Crippen LogP contribution in [0.25, 0.3) is 0 Å². The molecule has 0 aromatic heterocycles. The van der Waals surface area contributed by atoms with Gasteiger partial charge in [-0.05, 0) is 39.8 Å². The summed E-state index contributed by atoms with van der Waals surface area (Å²) in [6.45, 7) is 6.79. The van der Waals surface area contributed by atoms with Gasteiger partial charge in [0.1, 0.15) is 0 Å². The van der Waals surface area contributed by atoms with Crippen molar-refractivity contribution in [3.05, 3.63) is 61.4 Å². The topological polar surface area (TPSA) is 108 Å². The van der Waals surface area contributed by atoms with Crippen LogP contribution in [-0.4, -0.2) is 30.1 Å². The Labute approximate surface area is 167 Å². The van der Waals surface area contributed by atoms with Crippen LogP contribution in [0.5, 0.6) is 0 Å². The first-order valence-electron chi connectivity index (χ1n) is 8.69. The first-order valence-corrected chi connectivity index (χ1v) is 9.07. The van der Waals surface area contributed by atoms with Gasteiger partial charge in [0.15, 0.2) is 0 Å². The van der Waals surface area contributed by atoms with Gasteiger partial charge < -0.3 is 14.8 Å². The average molecular weight is 409 g/mol. The maximum absolute atomic E-state index is 12.7. The molecule has 0 spiro atoms. The fraction of sp³-hybridized carbons (Fsp3) is 0.368. The zero-order valence-corrected chi connectivity index (χ0v) is 16.8. The number of allylic oxidation sites excluding steroid dienone is 2. The SMILES string of the molecule is CCOC(=O)C1=C(C)NC(C)=C(C(=O)OCC)C1c1cc(Cl)ccc1[N+](=O)[O-]. The molecule has 150 valence electrons. The Balaban J connectivity index is 2.81. The Hall–Kier alpha value is -2.87. The molecule has 0 saturated heterocycles. The summed E-state index contributed by atoms with van der Waals surface area (Å²) >= 11 is 6.09. The third-order valence-electron chi connectivity index (χ3n) is 4.25. The normalized spacial score (nSPS) is 14.6. The van der Waals surface area contributed by atoms with Crippen LogP contribution in [0.4, 0.5) is 5.69 Å². The molecule has 1 aromatic rings. The highest BCUT2D eigenvalue weighted by atomic mass is 35.5. The molecule has 0 atom stereocenters. The molecule has 1 aromatic carbocycles. The highest BCUT2D eigenvalue weighted by Gasteiger charge is 2.41. The number of nitro groups is 1. The lowest BCUT2D eigenvalue weighted by Crippen LogP contribution is -2.32. The van der Waals surface area contributed by atoms with Gasteiger partial charge in [0.2, 0.25) is 0 Å². The second-order valence-corrected chi connectivity index (χ2v) is 6.47. The summed E-state index contributed by atoms with van der Waals surface area (Å²) < 4.78 is 10.3. The summed E-state index contributed by atoms with van der Waals surface area (Å²) in [4.78, 5) is 36.4. The number of esters is 2. The van der Waals surface area contributed by atoms with Crippen LogP contribution < -0.4 is 5.32 Å². The minimum Gasteiger partial charge on any atom is -0.463 e. The van der Waals surface area contributed by atoms with Crippen LogP contribution in [-0.2, 0) is 19.1 Å². The number of carbonyl (C=O) groups excluding carboxylic acids is 2. The minimum absolute atomic E-state index is 0.0980. The predicted octanol–water partition coefficient (Wildman–Crippen LogP) is 3.61. The highest BCUT2D eigenvalue weighted by Crippen LogP contribution is 2.43. The van der Waals surface area contributed by atoms with Gasteiger partial charge in [0.05, 0.1) is 35.2 Å². The van der Waals surface area contributed by atoms with E-state index in [1.165, 1.54) is 18.2 Å². The Kier molecular flexibility index (Phi) is 6.80. The van der Waals surface area contributed by atoms with Crippen molar-refractivity contribution in [3.63, 3.8) is 0 Å². The third-order valence-corrected chi connectivity index (χ3v) is 4.48.